The third kappa shape index (κ3) is 3.69. The molecule has 0 atom stereocenters. The number of benzene rings is 2. The van der Waals surface area contributed by atoms with Crippen molar-refractivity contribution in [1.82, 2.24) is 4.98 Å². The van der Waals surface area contributed by atoms with Gasteiger partial charge in [0.2, 0.25) is 0 Å². The Bertz CT molecular complexity index is 1100. The molecule has 0 aliphatic heterocycles. The maximum atomic E-state index is 12.7. The minimum Gasteiger partial charge on any atom is -0.278 e. The van der Waals surface area contributed by atoms with E-state index in [9.17, 15) is 18.5 Å². The molecule has 3 rings (SSSR count). The third-order valence-corrected chi connectivity index (χ3v) is 6.20. The predicted molar refractivity (Wildman–Crippen MR) is 101 cm³/mol. The average Bonchev–Trinajstić information content (AvgIpc) is 3.03. The number of hydrogen-bond donors (Lipinski definition) is 1. The minimum atomic E-state index is -3.98. The molecule has 3 aromatic rings. The van der Waals surface area contributed by atoms with Crippen LogP contribution in [-0.4, -0.2) is 18.3 Å². The second-order valence-electron chi connectivity index (χ2n) is 5.32. The Kier molecular flexibility index (Phi) is 4.94. The first-order valence-corrected chi connectivity index (χ1v) is 10.0. The van der Waals surface area contributed by atoms with Crippen LogP contribution in [0.5, 0.6) is 0 Å². The Morgan fingerprint density at radius 1 is 1.23 bits per heavy atom. The van der Waals surface area contributed by atoms with E-state index in [1.165, 1.54) is 41.7 Å². The van der Waals surface area contributed by atoms with Crippen LogP contribution in [0.1, 0.15) is 5.69 Å². The molecule has 0 spiro atoms. The molecule has 10 heteroatoms. The van der Waals surface area contributed by atoms with Crippen LogP contribution in [-0.2, 0) is 10.0 Å². The number of hydrogen-bond acceptors (Lipinski definition) is 6. The molecule has 1 aromatic heterocycles. The third-order valence-electron chi connectivity index (χ3n) is 3.43. The molecule has 0 amide bonds. The standard InChI is InChI=1S/C16H12ClN3O4S2/c1-10-9-25-16(18-10)11-4-2-5-12(8-11)26(23,24)19-13-6-3-7-14(15(13)17)20(21)22/h2-9,19H,1H3. The highest BCUT2D eigenvalue weighted by Gasteiger charge is 2.21. The lowest BCUT2D eigenvalue weighted by molar-refractivity contribution is -0.384. The van der Waals surface area contributed by atoms with Crippen LogP contribution < -0.4 is 4.72 Å². The molecule has 0 bridgehead atoms. The van der Waals surface area contributed by atoms with Gasteiger partial charge in [-0.15, -0.1) is 11.3 Å². The Balaban J connectivity index is 1.97. The van der Waals surface area contributed by atoms with E-state index in [1.54, 1.807) is 12.1 Å². The molecular weight excluding hydrogens is 398 g/mol. The molecule has 0 saturated carbocycles. The number of halogens is 1. The summed E-state index contributed by atoms with van der Waals surface area (Å²) < 4.78 is 27.6. The van der Waals surface area contributed by atoms with E-state index in [4.69, 9.17) is 11.6 Å². The summed E-state index contributed by atoms with van der Waals surface area (Å²) in [6.45, 7) is 1.85. The van der Waals surface area contributed by atoms with Crippen LogP contribution >= 0.6 is 22.9 Å². The number of nitrogens with one attached hydrogen (secondary N) is 1. The quantitative estimate of drug-likeness (QED) is 0.494. The summed E-state index contributed by atoms with van der Waals surface area (Å²) in [5.41, 5.74) is 1.08. The number of thiazole rings is 1. The van der Waals surface area contributed by atoms with Gasteiger partial charge in [-0.2, -0.15) is 0 Å². The van der Waals surface area contributed by atoms with Gasteiger partial charge in [-0.25, -0.2) is 13.4 Å². The van der Waals surface area contributed by atoms with E-state index >= 15 is 0 Å². The summed E-state index contributed by atoms with van der Waals surface area (Å²) in [5, 5.41) is 13.3. The lowest BCUT2D eigenvalue weighted by Gasteiger charge is -2.10. The van der Waals surface area contributed by atoms with Crippen molar-refractivity contribution in [2.75, 3.05) is 4.72 Å². The lowest BCUT2D eigenvalue weighted by Crippen LogP contribution is -2.13. The van der Waals surface area contributed by atoms with E-state index in [1.807, 2.05) is 12.3 Å². The molecule has 7 nitrogen and oxygen atoms in total. The van der Waals surface area contributed by atoms with Gasteiger partial charge in [0.05, 0.1) is 15.5 Å². The average molecular weight is 410 g/mol. The smallest absolute Gasteiger partial charge is 0.278 e. The maximum Gasteiger partial charge on any atom is 0.290 e. The zero-order valence-corrected chi connectivity index (χ0v) is 15.7. The first kappa shape index (κ1) is 18.3. The number of rotatable bonds is 5. The molecule has 0 aliphatic carbocycles. The second-order valence-corrected chi connectivity index (χ2v) is 8.24. The molecule has 1 N–H and O–H groups in total. The largest absolute Gasteiger partial charge is 0.290 e. The number of anilines is 1. The molecule has 0 fully saturated rings. The summed E-state index contributed by atoms with van der Waals surface area (Å²) >= 11 is 7.36. The van der Waals surface area contributed by atoms with Crippen LogP contribution in [0.4, 0.5) is 11.4 Å². The SMILES string of the molecule is Cc1csc(-c2cccc(S(=O)(=O)Nc3cccc([N+](=O)[O-])c3Cl)c2)n1. The number of nitro benzene ring substituents is 1. The van der Waals surface area contributed by atoms with Gasteiger partial charge in [0.25, 0.3) is 15.7 Å². The summed E-state index contributed by atoms with van der Waals surface area (Å²) in [7, 11) is -3.98. The van der Waals surface area contributed by atoms with Gasteiger partial charge in [-0.3, -0.25) is 14.8 Å². The molecule has 0 saturated heterocycles. The van der Waals surface area contributed by atoms with Gasteiger partial charge in [0.1, 0.15) is 10.0 Å². The van der Waals surface area contributed by atoms with E-state index in [-0.39, 0.29) is 21.3 Å². The highest BCUT2D eigenvalue weighted by atomic mass is 35.5. The fraction of sp³-hybridized carbons (Fsp3) is 0.0625. The molecular formula is C16H12ClN3O4S2. The van der Waals surface area contributed by atoms with Crippen molar-refractivity contribution in [1.29, 1.82) is 0 Å². The Hall–Kier alpha value is -2.49. The first-order chi connectivity index (χ1) is 12.3. The number of aryl methyl sites for hydroxylation is 1. The topological polar surface area (TPSA) is 102 Å². The highest BCUT2D eigenvalue weighted by Crippen LogP contribution is 2.33. The number of nitro groups is 1. The molecule has 2 aromatic carbocycles. The summed E-state index contributed by atoms with van der Waals surface area (Å²) in [6, 6.07) is 10.2. The van der Waals surface area contributed by atoms with Crippen LogP contribution in [0.15, 0.2) is 52.7 Å². The Morgan fingerprint density at radius 2 is 1.96 bits per heavy atom. The molecule has 0 aliphatic rings. The number of sulfonamides is 1. The number of nitrogens with zero attached hydrogens (tertiary/aromatic N) is 2. The first-order valence-electron chi connectivity index (χ1n) is 7.26. The summed E-state index contributed by atoms with van der Waals surface area (Å²) in [5.74, 6) is 0. The monoisotopic (exact) mass is 409 g/mol. The van der Waals surface area contributed by atoms with Gasteiger partial charge in [-0.1, -0.05) is 29.8 Å². The van der Waals surface area contributed by atoms with E-state index in [2.05, 4.69) is 9.71 Å². The Morgan fingerprint density at radius 3 is 2.62 bits per heavy atom. The van der Waals surface area contributed by atoms with Gasteiger partial charge >= 0.3 is 0 Å². The fourth-order valence-electron chi connectivity index (χ4n) is 2.23. The van der Waals surface area contributed by atoms with Crippen molar-refractivity contribution in [2.45, 2.75) is 11.8 Å². The highest BCUT2D eigenvalue weighted by molar-refractivity contribution is 7.92. The molecule has 1 heterocycles. The molecule has 0 unspecified atom stereocenters. The van der Waals surface area contributed by atoms with E-state index < -0.39 is 14.9 Å². The van der Waals surface area contributed by atoms with Crippen LogP contribution in [0.25, 0.3) is 10.6 Å². The van der Waals surface area contributed by atoms with Crippen LogP contribution in [0.2, 0.25) is 5.02 Å². The zero-order chi connectivity index (χ0) is 18.9. The van der Waals surface area contributed by atoms with Crippen LogP contribution in [0, 0.1) is 17.0 Å². The molecule has 26 heavy (non-hydrogen) atoms. The van der Waals surface area contributed by atoms with Crippen molar-refractivity contribution in [3.63, 3.8) is 0 Å². The second kappa shape index (κ2) is 7.02. The normalized spacial score (nSPS) is 11.3. The van der Waals surface area contributed by atoms with Gasteiger partial charge in [0.15, 0.2) is 0 Å². The summed E-state index contributed by atoms with van der Waals surface area (Å²) in [6.07, 6.45) is 0. The maximum absolute atomic E-state index is 12.7. The summed E-state index contributed by atoms with van der Waals surface area (Å²) in [4.78, 5) is 14.6. The zero-order valence-electron chi connectivity index (χ0n) is 13.3. The van der Waals surface area contributed by atoms with E-state index in [0.29, 0.717) is 10.6 Å². The van der Waals surface area contributed by atoms with Crippen molar-refractivity contribution < 1.29 is 13.3 Å². The van der Waals surface area contributed by atoms with Gasteiger partial charge < -0.3 is 0 Å². The predicted octanol–water partition coefficient (Wildman–Crippen LogP) is 4.48. The van der Waals surface area contributed by atoms with Crippen LogP contribution in [0.3, 0.4) is 0 Å². The van der Waals surface area contributed by atoms with Crippen molar-refractivity contribution in [3.8, 4) is 10.6 Å². The van der Waals surface area contributed by atoms with Crippen molar-refractivity contribution in [3.05, 3.63) is 68.7 Å². The van der Waals surface area contributed by atoms with Crippen molar-refractivity contribution >= 4 is 44.3 Å². The minimum absolute atomic E-state index is 0.00502. The fourth-order valence-corrected chi connectivity index (χ4v) is 4.44. The lowest BCUT2D eigenvalue weighted by atomic mass is 10.2. The Labute approximate surface area is 158 Å². The van der Waals surface area contributed by atoms with E-state index in [0.717, 1.165) is 5.69 Å². The van der Waals surface area contributed by atoms with Gasteiger partial charge in [-0.05, 0) is 25.1 Å². The van der Waals surface area contributed by atoms with Crippen molar-refractivity contribution in [2.24, 2.45) is 0 Å². The molecule has 134 valence electrons. The van der Waals surface area contributed by atoms with Gasteiger partial charge in [0, 0.05) is 22.7 Å². The number of aromatic nitrogens is 1. The molecule has 0 radical (unpaired) electrons.